The quantitative estimate of drug-likeness (QED) is 0.858. The average molecular weight is 270 g/mol. The van der Waals surface area contributed by atoms with Gasteiger partial charge in [0.15, 0.2) is 5.13 Å². The normalized spacial score (nSPS) is 14.1. The van der Waals surface area contributed by atoms with Crippen LogP contribution in [-0.4, -0.2) is 31.0 Å². The molecule has 0 aromatic carbocycles. The molecular weight excluding hydrogens is 248 g/mol. The summed E-state index contributed by atoms with van der Waals surface area (Å²) in [6.07, 6.45) is 1.03. The lowest BCUT2D eigenvalue weighted by Gasteiger charge is -2.19. The zero-order valence-corrected chi connectivity index (χ0v) is 12.5. The molecule has 18 heavy (non-hydrogen) atoms. The lowest BCUT2D eigenvalue weighted by Crippen LogP contribution is -2.36. The number of anilines is 2. The van der Waals surface area contributed by atoms with Gasteiger partial charge in [0.1, 0.15) is 10.7 Å². The summed E-state index contributed by atoms with van der Waals surface area (Å²) in [6, 6.07) is 0.131. The van der Waals surface area contributed by atoms with Crippen molar-refractivity contribution < 1.29 is 4.79 Å². The van der Waals surface area contributed by atoms with Crippen LogP contribution in [0.5, 0.6) is 0 Å². The van der Waals surface area contributed by atoms with E-state index < -0.39 is 0 Å². The molecule has 5 nitrogen and oxygen atoms in total. The van der Waals surface area contributed by atoms with Gasteiger partial charge in [0.2, 0.25) is 0 Å². The fourth-order valence-electron chi connectivity index (χ4n) is 1.44. The lowest BCUT2D eigenvalue weighted by molar-refractivity contribution is 0.0933. The molecule has 0 saturated heterocycles. The highest BCUT2D eigenvalue weighted by atomic mass is 32.1. The molecule has 2 unspecified atom stereocenters. The largest absolute Gasteiger partial charge is 0.382 e. The minimum Gasteiger partial charge on any atom is -0.382 e. The van der Waals surface area contributed by atoms with E-state index in [0.29, 0.717) is 16.6 Å². The van der Waals surface area contributed by atoms with Gasteiger partial charge in [-0.3, -0.25) is 4.79 Å². The summed E-state index contributed by atoms with van der Waals surface area (Å²) >= 11 is 1.31. The number of rotatable bonds is 5. The Bertz CT molecular complexity index is 416. The first-order valence-corrected chi connectivity index (χ1v) is 6.92. The van der Waals surface area contributed by atoms with E-state index in [1.54, 1.807) is 0 Å². The van der Waals surface area contributed by atoms with Crippen LogP contribution in [0.25, 0.3) is 0 Å². The molecule has 0 aliphatic carbocycles. The predicted octanol–water partition coefficient (Wildman–Crippen LogP) is 1.96. The Labute approximate surface area is 112 Å². The molecule has 0 radical (unpaired) electrons. The monoisotopic (exact) mass is 270 g/mol. The highest BCUT2D eigenvalue weighted by Crippen LogP contribution is 2.26. The number of nitrogens with two attached hydrogens (primary N) is 1. The third-order valence-corrected chi connectivity index (χ3v) is 4.32. The summed E-state index contributed by atoms with van der Waals surface area (Å²) in [7, 11) is 3.75. The predicted molar refractivity (Wildman–Crippen MR) is 77.2 cm³/mol. The fourth-order valence-corrected chi connectivity index (χ4v) is 2.25. The number of nitrogens with zero attached hydrogens (tertiary/aromatic N) is 2. The van der Waals surface area contributed by atoms with Gasteiger partial charge in [-0.2, -0.15) is 0 Å². The van der Waals surface area contributed by atoms with E-state index in [-0.39, 0.29) is 11.9 Å². The maximum atomic E-state index is 12.1. The highest BCUT2D eigenvalue weighted by Gasteiger charge is 2.20. The van der Waals surface area contributed by atoms with E-state index in [0.717, 1.165) is 11.6 Å². The van der Waals surface area contributed by atoms with Gasteiger partial charge in [-0.15, -0.1) is 0 Å². The van der Waals surface area contributed by atoms with E-state index in [1.807, 2.05) is 25.9 Å². The van der Waals surface area contributed by atoms with Crippen molar-refractivity contribution in [1.29, 1.82) is 0 Å². The molecular formula is C12H22N4OS. The number of thiazole rings is 1. The first-order chi connectivity index (χ1) is 8.36. The molecule has 6 heteroatoms. The van der Waals surface area contributed by atoms with Crippen LogP contribution in [-0.2, 0) is 0 Å². The summed E-state index contributed by atoms with van der Waals surface area (Å²) in [5, 5.41) is 3.72. The van der Waals surface area contributed by atoms with Crippen molar-refractivity contribution in [3.63, 3.8) is 0 Å². The lowest BCUT2D eigenvalue weighted by atomic mass is 10.0. The molecule has 0 aliphatic heterocycles. The van der Waals surface area contributed by atoms with Crippen LogP contribution in [0.1, 0.15) is 36.9 Å². The van der Waals surface area contributed by atoms with Crippen molar-refractivity contribution in [1.82, 2.24) is 10.3 Å². The molecule has 0 saturated carbocycles. The van der Waals surface area contributed by atoms with Gasteiger partial charge in [-0.25, -0.2) is 4.98 Å². The summed E-state index contributed by atoms with van der Waals surface area (Å²) in [5.41, 5.74) is 5.78. The topological polar surface area (TPSA) is 71.2 Å². The second-order valence-corrected chi connectivity index (χ2v) is 5.73. The van der Waals surface area contributed by atoms with Crippen LogP contribution >= 0.6 is 11.3 Å². The summed E-state index contributed by atoms with van der Waals surface area (Å²) in [6.45, 7) is 6.24. The van der Waals surface area contributed by atoms with Crippen molar-refractivity contribution in [3.05, 3.63) is 4.88 Å². The van der Waals surface area contributed by atoms with Gasteiger partial charge >= 0.3 is 0 Å². The van der Waals surface area contributed by atoms with Gasteiger partial charge < -0.3 is 16.0 Å². The fraction of sp³-hybridized carbons (Fsp3) is 0.667. The zero-order chi connectivity index (χ0) is 13.9. The van der Waals surface area contributed by atoms with E-state index in [2.05, 4.69) is 24.1 Å². The van der Waals surface area contributed by atoms with Gasteiger partial charge in [0, 0.05) is 20.1 Å². The number of nitrogens with one attached hydrogen (secondary N) is 1. The Morgan fingerprint density at radius 1 is 1.50 bits per heavy atom. The maximum absolute atomic E-state index is 12.1. The smallest absolute Gasteiger partial charge is 0.265 e. The average Bonchev–Trinajstić information content (AvgIpc) is 2.70. The molecule has 1 aromatic rings. The Balaban J connectivity index is 2.78. The SMILES string of the molecule is CCC(C)C(C)NC(=O)c1sc(N(C)C)nc1N. The number of carbonyl (C=O) groups is 1. The van der Waals surface area contributed by atoms with Crippen molar-refractivity contribution in [2.45, 2.75) is 33.2 Å². The Kier molecular flexibility index (Phi) is 4.95. The molecule has 1 rings (SSSR count). The standard InChI is InChI=1S/C12H22N4OS/c1-6-7(2)8(3)14-11(17)9-10(13)15-12(18-9)16(4)5/h7-8H,6,13H2,1-5H3,(H,14,17). The van der Waals surface area contributed by atoms with Crippen LogP contribution in [0.2, 0.25) is 0 Å². The summed E-state index contributed by atoms with van der Waals surface area (Å²) < 4.78 is 0. The van der Waals surface area contributed by atoms with Crippen LogP contribution in [0.3, 0.4) is 0 Å². The van der Waals surface area contributed by atoms with Crippen molar-refractivity contribution >= 4 is 28.2 Å². The third kappa shape index (κ3) is 3.35. The van der Waals surface area contributed by atoms with Crippen molar-refractivity contribution in [2.24, 2.45) is 5.92 Å². The van der Waals surface area contributed by atoms with Crippen LogP contribution in [0.4, 0.5) is 10.9 Å². The molecule has 2 atom stereocenters. The Morgan fingerprint density at radius 3 is 2.56 bits per heavy atom. The number of hydrogen-bond acceptors (Lipinski definition) is 5. The molecule has 1 aromatic heterocycles. The number of aromatic nitrogens is 1. The number of nitrogen functional groups attached to an aromatic ring is 1. The second kappa shape index (κ2) is 6.04. The van der Waals surface area contributed by atoms with Crippen molar-refractivity contribution in [2.75, 3.05) is 24.7 Å². The van der Waals surface area contributed by atoms with Crippen molar-refractivity contribution in [3.8, 4) is 0 Å². The first kappa shape index (κ1) is 14.8. The molecule has 0 bridgehead atoms. The number of hydrogen-bond donors (Lipinski definition) is 2. The molecule has 102 valence electrons. The van der Waals surface area contributed by atoms with Gasteiger partial charge in [-0.05, 0) is 12.8 Å². The molecule has 0 fully saturated rings. The van der Waals surface area contributed by atoms with E-state index in [4.69, 9.17) is 5.73 Å². The van der Waals surface area contributed by atoms with Crippen LogP contribution in [0.15, 0.2) is 0 Å². The molecule has 1 heterocycles. The molecule has 0 spiro atoms. The second-order valence-electron chi connectivity index (χ2n) is 4.75. The summed E-state index contributed by atoms with van der Waals surface area (Å²) in [4.78, 5) is 18.6. The highest BCUT2D eigenvalue weighted by molar-refractivity contribution is 7.18. The number of amides is 1. The van der Waals surface area contributed by atoms with Crippen LogP contribution in [0, 0.1) is 5.92 Å². The van der Waals surface area contributed by atoms with E-state index in [9.17, 15) is 4.79 Å². The maximum Gasteiger partial charge on any atom is 0.265 e. The Morgan fingerprint density at radius 2 is 2.11 bits per heavy atom. The van der Waals surface area contributed by atoms with E-state index >= 15 is 0 Å². The summed E-state index contributed by atoms with van der Waals surface area (Å²) in [5.74, 6) is 0.611. The molecule has 0 aliphatic rings. The first-order valence-electron chi connectivity index (χ1n) is 6.11. The number of carbonyl (C=O) groups excluding carboxylic acids is 1. The molecule has 1 amide bonds. The third-order valence-electron chi connectivity index (χ3n) is 3.09. The molecule has 3 N–H and O–H groups in total. The minimum absolute atomic E-state index is 0.131. The zero-order valence-electron chi connectivity index (χ0n) is 11.7. The van der Waals surface area contributed by atoms with Gasteiger partial charge in [0.25, 0.3) is 5.91 Å². The van der Waals surface area contributed by atoms with Gasteiger partial charge in [-0.1, -0.05) is 31.6 Å². The van der Waals surface area contributed by atoms with Gasteiger partial charge in [0.05, 0.1) is 0 Å². The van der Waals surface area contributed by atoms with Crippen LogP contribution < -0.4 is 16.0 Å². The van der Waals surface area contributed by atoms with E-state index in [1.165, 1.54) is 11.3 Å². The Hall–Kier alpha value is -1.30. The minimum atomic E-state index is -0.133.